The van der Waals surface area contributed by atoms with Crippen molar-refractivity contribution in [3.05, 3.63) is 0 Å². The molecular weight excluding hydrogens is 156 g/mol. The van der Waals surface area contributed by atoms with Crippen LogP contribution in [-0.2, 0) is 0 Å². The number of thioether (sulfide) groups is 1. The first-order valence-corrected chi connectivity index (χ1v) is 3.45. The van der Waals surface area contributed by atoms with Gasteiger partial charge in [-0.1, -0.05) is 12.2 Å². The number of nitrogens with zero attached hydrogens (tertiary/aromatic N) is 1. The van der Waals surface area contributed by atoms with Gasteiger partial charge < -0.3 is 10.6 Å². The van der Waals surface area contributed by atoms with Crippen molar-refractivity contribution in [2.45, 2.75) is 0 Å². The number of thiocarbonyl (C=S) groups is 1. The van der Waals surface area contributed by atoms with Crippen LogP contribution >= 0.6 is 24.0 Å². The van der Waals surface area contributed by atoms with E-state index in [9.17, 15) is 4.79 Å². The molecule has 0 aromatic carbocycles. The van der Waals surface area contributed by atoms with Crippen LogP contribution in [0.3, 0.4) is 0 Å². The molecule has 0 aromatic rings. The zero-order chi connectivity index (χ0) is 7.44. The summed E-state index contributed by atoms with van der Waals surface area (Å²) in [6.07, 6.45) is 0. The molecule has 0 saturated heterocycles. The molecular formula is C4H8N2OS2. The molecule has 0 heterocycles. The maximum absolute atomic E-state index is 10.2. The molecule has 0 spiro atoms. The second-order valence-electron chi connectivity index (χ2n) is 1.58. The molecule has 52 valence electrons. The van der Waals surface area contributed by atoms with Crippen LogP contribution in [0.4, 0.5) is 4.79 Å². The van der Waals surface area contributed by atoms with E-state index < -0.39 is 5.24 Å². The highest BCUT2D eigenvalue weighted by atomic mass is 32.2. The van der Waals surface area contributed by atoms with Gasteiger partial charge in [-0.05, 0) is 0 Å². The summed E-state index contributed by atoms with van der Waals surface area (Å²) in [6, 6.07) is 0. The molecule has 1 amide bonds. The third kappa shape index (κ3) is 4.23. The summed E-state index contributed by atoms with van der Waals surface area (Å²) in [5.41, 5.74) is 4.84. The van der Waals surface area contributed by atoms with Gasteiger partial charge in [0.25, 0.3) is 5.24 Å². The average molecular weight is 164 g/mol. The number of hydrogen-bond donors (Lipinski definition) is 1. The van der Waals surface area contributed by atoms with Crippen molar-refractivity contribution in [3.63, 3.8) is 0 Å². The van der Waals surface area contributed by atoms with E-state index in [2.05, 4.69) is 0 Å². The van der Waals surface area contributed by atoms with Gasteiger partial charge in [0.1, 0.15) is 4.32 Å². The highest BCUT2D eigenvalue weighted by Crippen LogP contribution is 2.04. The molecule has 0 aromatic heterocycles. The Morgan fingerprint density at radius 1 is 1.67 bits per heavy atom. The first-order valence-electron chi connectivity index (χ1n) is 2.22. The van der Waals surface area contributed by atoms with Gasteiger partial charge in [-0.2, -0.15) is 0 Å². The van der Waals surface area contributed by atoms with Crippen molar-refractivity contribution in [1.29, 1.82) is 0 Å². The first-order chi connectivity index (χ1) is 4.04. The number of hydrogen-bond acceptors (Lipinski definition) is 3. The molecule has 0 fully saturated rings. The molecule has 0 aliphatic carbocycles. The fourth-order valence-corrected chi connectivity index (χ4v) is 0.778. The van der Waals surface area contributed by atoms with E-state index in [-0.39, 0.29) is 0 Å². The van der Waals surface area contributed by atoms with Crippen LogP contribution in [0, 0.1) is 0 Å². The largest absolute Gasteiger partial charge is 0.363 e. The lowest BCUT2D eigenvalue weighted by atomic mass is 11.0. The molecule has 3 nitrogen and oxygen atoms in total. The average Bonchev–Trinajstić information content (AvgIpc) is 1.63. The highest BCUT2D eigenvalue weighted by Gasteiger charge is 2.02. The summed E-state index contributed by atoms with van der Waals surface area (Å²) in [4.78, 5) is 11.8. The summed E-state index contributed by atoms with van der Waals surface area (Å²) >= 11 is 5.60. The summed E-state index contributed by atoms with van der Waals surface area (Å²) in [6.45, 7) is 0. The Bertz CT molecular complexity index is 135. The standard InChI is InChI=1S/C4H8N2OS2/c1-6(2)4(8)9-3(5)7/h1-2H3,(H2,5,7). The number of rotatable bonds is 0. The van der Waals surface area contributed by atoms with Crippen molar-refractivity contribution in [2.75, 3.05) is 14.1 Å². The molecule has 0 saturated carbocycles. The van der Waals surface area contributed by atoms with Crippen LogP contribution in [0.15, 0.2) is 0 Å². The Kier molecular flexibility index (Phi) is 3.56. The fraction of sp³-hybridized carbons (Fsp3) is 0.500. The Hall–Kier alpha value is -0.290. The summed E-state index contributed by atoms with van der Waals surface area (Å²) < 4.78 is 0.488. The predicted molar refractivity (Wildman–Crippen MR) is 43.5 cm³/mol. The van der Waals surface area contributed by atoms with Gasteiger partial charge in [0, 0.05) is 25.9 Å². The molecule has 0 rings (SSSR count). The Balaban J connectivity index is 3.64. The number of nitrogens with two attached hydrogens (primary N) is 1. The number of amides is 1. The van der Waals surface area contributed by atoms with Gasteiger partial charge in [0.2, 0.25) is 0 Å². The first kappa shape index (κ1) is 8.71. The van der Waals surface area contributed by atoms with Crippen LogP contribution in [0.5, 0.6) is 0 Å². The molecule has 9 heavy (non-hydrogen) atoms. The van der Waals surface area contributed by atoms with Gasteiger partial charge in [0.15, 0.2) is 0 Å². The zero-order valence-electron chi connectivity index (χ0n) is 5.25. The summed E-state index contributed by atoms with van der Waals surface area (Å²) in [7, 11) is 3.52. The zero-order valence-corrected chi connectivity index (χ0v) is 6.88. The van der Waals surface area contributed by atoms with Gasteiger partial charge in [-0.25, -0.2) is 0 Å². The highest BCUT2D eigenvalue weighted by molar-refractivity contribution is 8.32. The van der Waals surface area contributed by atoms with Crippen LogP contribution < -0.4 is 5.73 Å². The van der Waals surface area contributed by atoms with Crippen molar-refractivity contribution in [3.8, 4) is 0 Å². The second-order valence-corrected chi connectivity index (χ2v) is 3.22. The lowest BCUT2D eigenvalue weighted by Gasteiger charge is -2.09. The fourth-order valence-electron chi connectivity index (χ4n) is 0.177. The topological polar surface area (TPSA) is 46.3 Å². The molecule has 0 radical (unpaired) electrons. The van der Waals surface area contributed by atoms with E-state index >= 15 is 0 Å². The SMILES string of the molecule is CN(C)C(=S)SC(N)=O. The van der Waals surface area contributed by atoms with Crippen LogP contribution in [0.2, 0.25) is 0 Å². The van der Waals surface area contributed by atoms with Gasteiger partial charge >= 0.3 is 0 Å². The minimum Gasteiger partial charge on any atom is -0.363 e. The van der Waals surface area contributed by atoms with E-state index in [1.165, 1.54) is 0 Å². The minimum absolute atomic E-state index is 0.464. The van der Waals surface area contributed by atoms with Gasteiger partial charge in [-0.15, -0.1) is 0 Å². The van der Waals surface area contributed by atoms with Crippen molar-refractivity contribution < 1.29 is 4.79 Å². The third-order valence-corrected chi connectivity index (χ3v) is 1.91. The summed E-state index contributed by atoms with van der Waals surface area (Å²) in [5.74, 6) is 0. The lowest BCUT2D eigenvalue weighted by molar-refractivity contribution is 0.267. The summed E-state index contributed by atoms with van der Waals surface area (Å²) in [5, 5.41) is -0.464. The molecule has 0 bridgehead atoms. The van der Waals surface area contributed by atoms with Crippen LogP contribution in [0.25, 0.3) is 0 Å². The van der Waals surface area contributed by atoms with E-state index in [1.54, 1.807) is 19.0 Å². The Morgan fingerprint density at radius 2 is 2.11 bits per heavy atom. The third-order valence-electron chi connectivity index (χ3n) is 0.553. The lowest BCUT2D eigenvalue weighted by Crippen LogP contribution is -2.19. The number of primary amides is 1. The van der Waals surface area contributed by atoms with E-state index in [0.29, 0.717) is 4.32 Å². The molecule has 5 heteroatoms. The molecule has 0 unspecified atom stereocenters. The Labute approximate surface area is 63.6 Å². The maximum Gasteiger partial charge on any atom is 0.283 e. The van der Waals surface area contributed by atoms with Crippen molar-refractivity contribution in [1.82, 2.24) is 4.90 Å². The molecule has 0 aliphatic rings. The van der Waals surface area contributed by atoms with Crippen LogP contribution in [-0.4, -0.2) is 28.6 Å². The molecule has 0 atom stereocenters. The monoisotopic (exact) mass is 164 g/mol. The van der Waals surface area contributed by atoms with Gasteiger partial charge in [-0.3, -0.25) is 4.79 Å². The molecule has 2 N–H and O–H groups in total. The van der Waals surface area contributed by atoms with E-state index in [4.69, 9.17) is 18.0 Å². The minimum atomic E-state index is -0.464. The maximum atomic E-state index is 10.2. The van der Waals surface area contributed by atoms with E-state index in [1.807, 2.05) is 0 Å². The predicted octanol–water partition coefficient (Wildman–Crippen LogP) is 0.645. The number of carbonyl (C=O) groups excluding carboxylic acids is 1. The van der Waals surface area contributed by atoms with Crippen molar-refractivity contribution >= 4 is 33.5 Å². The number of carbonyl (C=O) groups is 1. The van der Waals surface area contributed by atoms with E-state index in [0.717, 1.165) is 11.8 Å². The van der Waals surface area contributed by atoms with Crippen molar-refractivity contribution in [2.24, 2.45) is 5.73 Å². The Morgan fingerprint density at radius 3 is 2.22 bits per heavy atom. The molecule has 0 aliphatic heterocycles. The van der Waals surface area contributed by atoms with Gasteiger partial charge in [0.05, 0.1) is 0 Å². The normalized spacial score (nSPS) is 8.67. The quantitative estimate of drug-likeness (QED) is 0.534. The van der Waals surface area contributed by atoms with Crippen LogP contribution in [0.1, 0.15) is 0 Å². The second kappa shape index (κ2) is 3.68. The smallest absolute Gasteiger partial charge is 0.283 e.